The van der Waals surface area contributed by atoms with E-state index in [0.717, 1.165) is 6.92 Å². The molecule has 1 aromatic rings. The van der Waals surface area contributed by atoms with Gasteiger partial charge in [-0.2, -0.15) is 8.78 Å². The Labute approximate surface area is 93.0 Å². The second kappa shape index (κ2) is 5.11. The van der Waals surface area contributed by atoms with Crippen molar-refractivity contribution in [2.24, 2.45) is 0 Å². The Hall–Kier alpha value is -1.66. The van der Waals surface area contributed by atoms with E-state index in [1.165, 1.54) is 0 Å². The molecule has 0 heterocycles. The van der Waals surface area contributed by atoms with Crippen LogP contribution in [-0.4, -0.2) is 12.4 Å². The van der Waals surface area contributed by atoms with Crippen molar-refractivity contribution in [1.82, 2.24) is 0 Å². The van der Waals surface area contributed by atoms with Crippen LogP contribution in [0.5, 0.6) is 5.75 Å². The molecule has 17 heavy (non-hydrogen) atoms. The van der Waals surface area contributed by atoms with Crippen LogP contribution >= 0.6 is 0 Å². The number of ether oxygens (including phenoxy) is 1. The van der Waals surface area contributed by atoms with E-state index >= 15 is 0 Å². The number of alkyl halides is 4. The third-order valence-corrected chi connectivity index (χ3v) is 1.91. The van der Waals surface area contributed by atoms with E-state index < -0.39 is 41.5 Å². The zero-order chi connectivity index (χ0) is 13.2. The Morgan fingerprint density at radius 3 is 2.24 bits per heavy atom. The largest absolute Gasteiger partial charge is 0.435 e. The highest BCUT2D eigenvalue weighted by atomic mass is 19.3. The Kier molecular flexibility index (Phi) is 4.03. The fourth-order valence-corrected chi connectivity index (χ4v) is 1.32. The Morgan fingerprint density at radius 1 is 1.24 bits per heavy atom. The summed E-state index contributed by atoms with van der Waals surface area (Å²) in [6.07, 6.45) is -3.16. The maximum absolute atomic E-state index is 13.3. The fraction of sp³-hybridized carbons (Fsp3) is 0.300. The van der Waals surface area contributed by atoms with Gasteiger partial charge in [0, 0.05) is 11.6 Å². The van der Waals surface area contributed by atoms with Crippen LogP contribution in [0.1, 0.15) is 29.3 Å². The summed E-state index contributed by atoms with van der Waals surface area (Å²) >= 11 is 0. The third-order valence-electron chi connectivity index (χ3n) is 1.91. The zero-order valence-electron chi connectivity index (χ0n) is 8.52. The highest BCUT2D eigenvalue weighted by molar-refractivity contribution is 5.96. The molecule has 94 valence electrons. The molecule has 0 amide bonds. The van der Waals surface area contributed by atoms with Crippen molar-refractivity contribution in [3.8, 4) is 5.75 Å². The minimum Gasteiger partial charge on any atom is -0.435 e. The van der Waals surface area contributed by atoms with Crippen molar-refractivity contribution in [3.05, 3.63) is 29.1 Å². The molecule has 0 saturated heterocycles. The maximum Gasteiger partial charge on any atom is 0.387 e. The fourth-order valence-electron chi connectivity index (χ4n) is 1.32. The number of Topliss-reactive ketones (excluding diaryl/α,β-unsaturated/α-hetero) is 1. The second-order valence-corrected chi connectivity index (χ2v) is 3.10. The molecule has 1 rings (SSSR count). The lowest BCUT2D eigenvalue weighted by molar-refractivity contribution is -0.0502. The summed E-state index contributed by atoms with van der Waals surface area (Å²) in [6.45, 7) is -2.36. The minimum absolute atomic E-state index is 0.467. The van der Waals surface area contributed by atoms with Crippen LogP contribution in [0.4, 0.5) is 22.0 Å². The lowest BCUT2D eigenvalue weighted by Gasteiger charge is -2.11. The van der Waals surface area contributed by atoms with Crippen LogP contribution < -0.4 is 4.74 Å². The van der Waals surface area contributed by atoms with Gasteiger partial charge in [-0.25, -0.2) is 13.2 Å². The van der Waals surface area contributed by atoms with Gasteiger partial charge in [0.1, 0.15) is 11.6 Å². The highest BCUT2D eigenvalue weighted by Gasteiger charge is 2.22. The molecule has 0 bridgehead atoms. The SMILES string of the molecule is CC(=O)c1c(F)cc(OC(F)F)cc1C(F)F. The van der Waals surface area contributed by atoms with E-state index in [0.29, 0.717) is 12.1 Å². The lowest BCUT2D eigenvalue weighted by Crippen LogP contribution is -2.08. The smallest absolute Gasteiger partial charge is 0.387 e. The molecule has 2 nitrogen and oxygen atoms in total. The number of hydrogen-bond acceptors (Lipinski definition) is 2. The molecule has 1 aromatic carbocycles. The Bertz CT molecular complexity index is 431. The summed E-state index contributed by atoms with van der Waals surface area (Å²) in [7, 11) is 0. The number of benzene rings is 1. The molecular formula is C10H7F5O2. The van der Waals surface area contributed by atoms with E-state index in [2.05, 4.69) is 4.74 Å². The summed E-state index contributed by atoms with van der Waals surface area (Å²) in [5, 5.41) is 0. The molecule has 0 saturated carbocycles. The maximum atomic E-state index is 13.3. The van der Waals surface area contributed by atoms with E-state index in [4.69, 9.17) is 0 Å². The predicted octanol–water partition coefficient (Wildman–Crippen LogP) is 3.57. The van der Waals surface area contributed by atoms with Gasteiger partial charge in [-0.15, -0.1) is 0 Å². The molecular weight excluding hydrogens is 247 g/mol. The quantitative estimate of drug-likeness (QED) is 0.606. The molecule has 0 atom stereocenters. The van der Waals surface area contributed by atoms with Gasteiger partial charge >= 0.3 is 6.61 Å². The van der Waals surface area contributed by atoms with Crippen LogP contribution in [0, 0.1) is 5.82 Å². The number of hydrogen-bond donors (Lipinski definition) is 0. The van der Waals surface area contributed by atoms with Gasteiger partial charge in [0.05, 0.1) is 5.56 Å². The van der Waals surface area contributed by atoms with Crippen LogP contribution in [-0.2, 0) is 0 Å². The van der Waals surface area contributed by atoms with Crippen molar-refractivity contribution < 1.29 is 31.5 Å². The first-order chi connectivity index (χ1) is 7.82. The average molecular weight is 254 g/mol. The van der Waals surface area contributed by atoms with Crippen molar-refractivity contribution >= 4 is 5.78 Å². The number of carbonyl (C=O) groups excluding carboxylic acids is 1. The molecule has 0 aromatic heterocycles. The zero-order valence-corrected chi connectivity index (χ0v) is 8.52. The molecule has 0 aliphatic heterocycles. The summed E-state index contributed by atoms with van der Waals surface area (Å²) in [4.78, 5) is 11.0. The Balaban J connectivity index is 3.31. The van der Waals surface area contributed by atoms with Gasteiger partial charge in [-0.05, 0) is 13.0 Å². The average Bonchev–Trinajstić information content (AvgIpc) is 2.14. The molecule has 0 aliphatic carbocycles. The van der Waals surface area contributed by atoms with Gasteiger partial charge in [-0.1, -0.05) is 0 Å². The molecule has 0 fully saturated rings. The van der Waals surface area contributed by atoms with Crippen molar-refractivity contribution in [2.45, 2.75) is 20.0 Å². The van der Waals surface area contributed by atoms with Gasteiger partial charge in [-0.3, -0.25) is 4.79 Å². The first-order valence-electron chi connectivity index (χ1n) is 4.40. The summed E-state index contributed by atoms with van der Waals surface area (Å²) in [6, 6.07) is 0.991. The monoisotopic (exact) mass is 254 g/mol. The number of ketones is 1. The summed E-state index contributed by atoms with van der Waals surface area (Å²) in [5.41, 5.74) is -1.78. The lowest BCUT2D eigenvalue weighted by atomic mass is 10.0. The van der Waals surface area contributed by atoms with Crippen molar-refractivity contribution in [1.29, 1.82) is 0 Å². The molecule has 0 N–H and O–H groups in total. The van der Waals surface area contributed by atoms with E-state index in [1.807, 2.05) is 0 Å². The van der Waals surface area contributed by atoms with E-state index in [9.17, 15) is 26.7 Å². The van der Waals surface area contributed by atoms with Crippen LogP contribution in [0.25, 0.3) is 0 Å². The van der Waals surface area contributed by atoms with Gasteiger partial charge in [0.25, 0.3) is 6.43 Å². The Morgan fingerprint density at radius 2 is 1.82 bits per heavy atom. The standard InChI is InChI=1S/C10H7F5O2/c1-4(16)8-6(9(12)13)2-5(3-7(8)11)17-10(14)15/h2-3,9-10H,1H3. The number of halogens is 5. The summed E-state index contributed by atoms with van der Waals surface area (Å²) < 4.78 is 65.8. The van der Waals surface area contributed by atoms with E-state index in [1.54, 1.807) is 0 Å². The minimum atomic E-state index is -3.26. The second-order valence-electron chi connectivity index (χ2n) is 3.10. The first kappa shape index (κ1) is 13.4. The van der Waals surface area contributed by atoms with Gasteiger partial charge in [0.15, 0.2) is 5.78 Å². The molecule has 0 radical (unpaired) electrons. The van der Waals surface area contributed by atoms with Crippen LogP contribution in [0.15, 0.2) is 12.1 Å². The van der Waals surface area contributed by atoms with Crippen molar-refractivity contribution in [3.63, 3.8) is 0 Å². The molecule has 7 heteroatoms. The topological polar surface area (TPSA) is 26.3 Å². The van der Waals surface area contributed by atoms with Gasteiger partial charge < -0.3 is 4.74 Å². The third kappa shape index (κ3) is 3.15. The normalized spacial score (nSPS) is 11.1. The van der Waals surface area contributed by atoms with E-state index in [-0.39, 0.29) is 0 Å². The highest BCUT2D eigenvalue weighted by Crippen LogP contribution is 2.30. The summed E-state index contributed by atoms with van der Waals surface area (Å²) in [5.74, 6) is -2.98. The van der Waals surface area contributed by atoms with Crippen LogP contribution in [0.3, 0.4) is 0 Å². The number of carbonyl (C=O) groups is 1. The first-order valence-corrected chi connectivity index (χ1v) is 4.40. The predicted molar refractivity (Wildman–Crippen MR) is 48.0 cm³/mol. The van der Waals surface area contributed by atoms with Gasteiger partial charge in [0.2, 0.25) is 0 Å². The molecule has 0 aliphatic rings. The molecule has 0 unspecified atom stereocenters. The van der Waals surface area contributed by atoms with Crippen LogP contribution in [0.2, 0.25) is 0 Å². The molecule has 0 spiro atoms. The number of rotatable bonds is 4. The van der Waals surface area contributed by atoms with Crippen molar-refractivity contribution in [2.75, 3.05) is 0 Å².